The van der Waals surface area contributed by atoms with Gasteiger partial charge in [0.25, 0.3) is 0 Å². The lowest BCUT2D eigenvalue weighted by atomic mass is 9.64. The number of aliphatic carboxylic acids is 1. The lowest BCUT2D eigenvalue weighted by Gasteiger charge is -2.41. The Bertz CT molecular complexity index is 290. The van der Waals surface area contributed by atoms with Crippen molar-refractivity contribution in [3.63, 3.8) is 0 Å². The van der Waals surface area contributed by atoms with Crippen molar-refractivity contribution >= 4 is 5.97 Å². The zero-order chi connectivity index (χ0) is 14.6. The Hall–Kier alpha value is -0.530. The van der Waals surface area contributed by atoms with E-state index >= 15 is 0 Å². The van der Waals surface area contributed by atoms with Crippen molar-refractivity contribution in [2.75, 3.05) is 0 Å². The summed E-state index contributed by atoms with van der Waals surface area (Å²) in [6.45, 7) is 11.4. The van der Waals surface area contributed by atoms with Gasteiger partial charge in [-0.15, -0.1) is 0 Å². The molecule has 1 aliphatic carbocycles. The van der Waals surface area contributed by atoms with Gasteiger partial charge in [0.15, 0.2) is 0 Å². The molecule has 1 aliphatic rings. The molecule has 4 unspecified atom stereocenters. The molecule has 2 heteroatoms. The van der Waals surface area contributed by atoms with Gasteiger partial charge < -0.3 is 5.11 Å². The number of rotatable bonds is 5. The predicted molar refractivity (Wildman–Crippen MR) is 80.1 cm³/mol. The molecule has 0 aromatic carbocycles. The highest BCUT2D eigenvalue weighted by Gasteiger charge is 2.39. The summed E-state index contributed by atoms with van der Waals surface area (Å²) in [5, 5.41) is 9.44. The van der Waals surface area contributed by atoms with E-state index in [2.05, 4.69) is 34.6 Å². The standard InChI is InChI=1S/C17H32O2/c1-6-7-12(2)10-13-11-14(17(3,4)5)8-9-15(13)16(18)19/h12-15H,6-11H2,1-5H3,(H,18,19). The predicted octanol–water partition coefficient (Wildman–Crippen LogP) is 4.98. The van der Waals surface area contributed by atoms with Gasteiger partial charge in [0.1, 0.15) is 0 Å². The van der Waals surface area contributed by atoms with Crippen LogP contribution in [0.25, 0.3) is 0 Å². The van der Waals surface area contributed by atoms with Crippen LogP contribution in [0.15, 0.2) is 0 Å². The fraction of sp³-hybridized carbons (Fsp3) is 0.941. The van der Waals surface area contributed by atoms with E-state index in [1.165, 1.54) is 12.8 Å². The normalized spacial score (nSPS) is 30.1. The van der Waals surface area contributed by atoms with Gasteiger partial charge in [-0.2, -0.15) is 0 Å². The summed E-state index contributed by atoms with van der Waals surface area (Å²) in [6.07, 6.45) is 6.59. The van der Waals surface area contributed by atoms with E-state index < -0.39 is 5.97 Å². The number of hydrogen-bond donors (Lipinski definition) is 1. The van der Waals surface area contributed by atoms with Crippen molar-refractivity contribution in [2.24, 2.45) is 29.1 Å². The molecule has 0 heterocycles. The second-order valence-electron chi connectivity index (χ2n) is 7.71. The maximum absolute atomic E-state index is 11.5. The highest BCUT2D eigenvalue weighted by Crippen LogP contribution is 2.45. The summed E-state index contributed by atoms with van der Waals surface area (Å²) in [6, 6.07) is 0. The minimum Gasteiger partial charge on any atom is -0.481 e. The lowest BCUT2D eigenvalue weighted by molar-refractivity contribution is -0.146. The molecule has 0 spiro atoms. The number of carbonyl (C=O) groups is 1. The summed E-state index contributed by atoms with van der Waals surface area (Å²) < 4.78 is 0. The molecule has 1 saturated carbocycles. The first kappa shape index (κ1) is 16.5. The molecule has 1 rings (SSSR count). The third-order valence-corrected chi connectivity index (χ3v) is 5.01. The van der Waals surface area contributed by atoms with Gasteiger partial charge in [-0.25, -0.2) is 0 Å². The van der Waals surface area contributed by atoms with Crippen LogP contribution in [-0.2, 0) is 4.79 Å². The molecule has 4 atom stereocenters. The molecular formula is C17H32O2. The molecule has 0 bridgehead atoms. The van der Waals surface area contributed by atoms with Crippen molar-refractivity contribution < 1.29 is 9.90 Å². The first-order valence-electron chi connectivity index (χ1n) is 7.98. The van der Waals surface area contributed by atoms with Crippen molar-refractivity contribution in [3.8, 4) is 0 Å². The second kappa shape index (κ2) is 6.76. The highest BCUT2D eigenvalue weighted by molar-refractivity contribution is 5.70. The minimum atomic E-state index is -0.568. The summed E-state index contributed by atoms with van der Waals surface area (Å²) in [5.74, 6) is 1.06. The summed E-state index contributed by atoms with van der Waals surface area (Å²) >= 11 is 0. The van der Waals surface area contributed by atoms with E-state index in [9.17, 15) is 9.90 Å². The van der Waals surface area contributed by atoms with Crippen LogP contribution in [0, 0.1) is 29.1 Å². The van der Waals surface area contributed by atoms with Crippen LogP contribution in [0.5, 0.6) is 0 Å². The summed E-state index contributed by atoms with van der Waals surface area (Å²) in [5.41, 5.74) is 0.315. The zero-order valence-electron chi connectivity index (χ0n) is 13.4. The van der Waals surface area contributed by atoms with Crippen LogP contribution in [0.2, 0.25) is 0 Å². The molecule has 0 amide bonds. The first-order chi connectivity index (χ1) is 8.75. The topological polar surface area (TPSA) is 37.3 Å². The van der Waals surface area contributed by atoms with Gasteiger partial charge in [-0.3, -0.25) is 4.79 Å². The van der Waals surface area contributed by atoms with Crippen LogP contribution in [0.3, 0.4) is 0 Å². The average molecular weight is 268 g/mol. The summed E-state index contributed by atoms with van der Waals surface area (Å²) in [7, 11) is 0. The van der Waals surface area contributed by atoms with Crippen LogP contribution < -0.4 is 0 Å². The molecule has 19 heavy (non-hydrogen) atoms. The molecule has 0 saturated heterocycles. The lowest BCUT2D eigenvalue weighted by Crippen LogP contribution is -2.36. The third-order valence-electron chi connectivity index (χ3n) is 5.01. The maximum Gasteiger partial charge on any atom is 0.306 e. The van der Waals surface area contributed by atoms with Gasteiger partial charge in [-0.05, 0) is 48.9 Å². The fourth-order valence-electron chi connectivity index (χ4n) is 3.76. The van der Waals surface area contributed by atoms with Crippen molar-refractivity contribution in [2.45, 2.75) is 73.1 Å². The van der Waals surface area contributed by atoms with Gasteiger partial charge in [0.05, 0.1) is 5.92 Å². The molecular weight excluding hydrogens is 236 g/mol. The van der Waals surface area contributed by atoms with Gasteiger partial charge in [-0.1, -0.05) is 47.5 Å². The van der Waals surface area contributed by atoms with E-state index in [0.717, 1.165) is 25.7 Å². The van der Waals surface area contributed by atoms with Crippen molar-refractivity contribution in [3.05, 3.63) is 0 Å². The molecule has 1 N–H and O–H groups in total. The van der Waals surface area contributed by atoms with Crippen LogP contribution in [0.4, 0.5) is 0 Å². The maximum atomic E-state index is 11.5. The van der Waals surface area contributed by atoms with E-state index in [1.54, 1.807) is 0 Å². The molecule has 2 nitrogen and oxygen atoms in total. The molecule has 0 aromatic heterocycles. The smallest absolute Gasteiger partial charge is 0.306 e. The van der Waals surface area contributed by atoms with Gasteiger partial charge in [0.2, 0.25) is 0 Å². The molecule has 0 aliphatic heterocycles. The van der Waals surface area contributed by atoms with Gasteiger partial charge in [0, 0.05) is 0 Å². The van der Waals surface area contributed by atoms with Crippen molar-refractivity contribution in [1.82, 2.24) is 0 Å². The van der Waals surface area contributed by atoms with E-state index in [1.807, 2.05) is 0 Å². The van der Waals surface area contributed by atoms with Crippen LogP contribution in [0.1, 0.15) is 73.1 Å². The Balaban J connectivity index is 2.70. The van der Waals surface area contributed by atoms with Gasteiger partial charge >= 0.3 is 5.97 Å². The fourth-order valence-corrected chi connectivity index (χ4v) is 3.76. The highest BCUT2D eigenvalue weighted by atomic mass is 16.4. The summed E-state index contributed by atoms with van der Waals surface area (Å²) in [4.78, 5) is 11.5. The average Bonchev–Trinajstić information content (AvgIpc) is 2.27. The molecule has 0 radical (unpaired) electrons. The Kier molecular flexibility index (Phi) is 5.88. The SMILES string of the molecule is CCCC(C)CC1CC(C(C)(C)C)CCC1C(=O)O. The van der Waals surface area contributed by atoms with Crippen LogP contribution >= 0.6 is 0 Å². The van der Waals surface area contributed by atoms with Crippen LogP contribution in [-0.4, -0.2) is 11.1 Å². The largest absolute Gasteiger partial charge is 0.481 e. The van der Waals surface area contributed by atoms with E-state index in [-0.39, 0.29) is 5.92 Å². The zero-order valence-corrected chi connectivity index (χ0v) is 13.4. The Morgan fingerprint density at radius 2 is 1.95 bits per heavy atom. The first-order valence-corrected chi connectivity index (χ1v) is 7.98. The number of hydrogen-bond acceptors (Lipinski definition) is 1. The number of carboxylic acid groups (broad SMARTS) is 1. The third kappa shape index (κ3) is 4.81. The Morgan fingerprint density at radius 3 is 2.42 bits per heavy atom. The molecule has 112 valence electrons. The monoisotopic (exact) mass is 268 g/mol. The quantitative estimate of drug-likeness (QED) is 0.764. The number of carboxylic acids is 1. The second-order valence-corrected chi connectivity index (χ2v) is 7.71. The Labute approximate surface area is 119 Å². The molecule has 1 fully saturated rings. The van der Waals surface area contributed by atoms with E-state index in [4.69, 9.17) is 0 Å². The molecule has 0 aromatic rings. The Morgan fingerprint density at radius 1 is 1.32 bits per heavy atom. The van der Waals surface area contributed by atoms with Crippen molar-refractivity contribution in [1.29, 1.82) is 0 Å². The minimum absolute atomic E-state index is 0.0992. The van der Waals surface area contributed by atoms with E-state index in [0.29, 0.717) is 23.2 Å².